The van der Waals surface area contributed by atoms with Gasteiger partial charge in [-0.05, 0) is 62.8 Å². The zero-order valence-corrected chi connectivity index (χ0v) is 16.4. The van der Waals surface area contributed by atoms with Gasteiger partial charge in [0.2, 0.25) is 0 Å². The van der Waals surface area contributed by atoms with Crippen molar-refractivity contribution >= 4 is 17.5 Å². The van der Waals surface area contributed by atoms with E-state index in [0.717, 1.165) is 55.6 Å². The Morgan fingerprint density at radius 1 is 1.15 bits per heavy atom. The van der Waals surface area contributed by atoms with Gasteiger partial charge in [-0.3, -0.25) is 9.59 Å². The van der Waals surface area contributed by atoms with Crippen LogP contribution in [0.1, 0.15) is 70.5 Å². The Balaban J connectivity index is 1.85. The van der Waals surface area contributed by atoms with Crippen molar-refractivity contribution in [3.8, 4) is 0 Å². The van der Waals surface area contributed by atoms with E-state index in [2.05, 4.69) is 22.5 Å². The highest BCUT2D eigenvalue weighted by Crippen LogP contribution is 2.22. The molecule has 1 aromatic heterocycles. The summed E-state index contributed by atoms with van der Waals surface area (Å²) in [6.45, 7) is 7.49. The molecule has 2 aromatic rings. The number of imidazole rings is 1. The van der Waals surface area contributed by atoms with E-state index in [1.54, 1.807) is 0 Å². The second-order valence-electron chi connectivity index (χ2n) is 7.20. The second kappa shape index (κ2) is 8.37. The molecule has 0 aliphatic carbocycles. The largest absolute Gasteiger partial charge is 0.351 e. The summed E-state index contributed by atoms with van der Waals surface area (Å²) in [6.07, 6.45) is 4.73. The summed E-state index contributed by atoms with van der Waals surface area (Å²) in [6, 6.07) is 5.82. The average molecular weight is 368 g/mol. The van der Waals surface area contributed by atoms with Gasteiger partial charge >= 0.3 is 0 Å². The average Bonchev–Trinajstić information content (AvgIpc) is 3.05. The van der Waals surface area contributed by atoms with E-state index in [9.17, 15) is 9.59 Å². The van der Waals surface area contributed by atoms with E-state index in [-0.39, 0.29) is 11.8 Å². The summed E-state index contributed by atoms with van der Waals surface area (Å²) in [5.41, 5.74) is 4.31. The van der Waals surface area contributed by atoms with Crippen molar-refractivity contribution in [2.24, 2.45) is 0 Å². The molecule has 0 bridgehead atoms. The topological polar surface area (TPSA) is 76.0 Å². The molecule has 1 aromatic carbocycles. The predicted molar refractivity (Wildman–Crippen MR) is 106 cm³/mol. The summed E-state index contributed by atoms with van der Waals surface area (Å²) >= 11 is 0. The molecule has 2 amide bonds. The van der Waals surface area contributed by atoms with Crippen molar-refractivity contribution in [3.63, 3.8) is 0 Å². The molecule has 0 fully saturated rings. The molecule has 0 saturated carbocycles. The van der Waals surface area contributed by atoms with Crippen molar-refractivity contribution in [2.75, 3.05) is 11.9 Å². The van der Waals surface area contributed by atoms with E-state index >= 15 is 0 Å². The van der Waals surface area contributed by atoms with E-state index < -0.39 is 0 Å². The predicted octanol–water partition coefficient (Wildman–Crippen LogP) is 3.62. The fraction of sp³-hybridized carbons (Fsp3) is 0.476. The minimum atomic E-state index is -0.269. The Kier molecular flexibility index (Phi) is 5.94. The van der Waals surface area contributed by atoms with Gasteiger partial charge in [0.1, 0.15) is 5.69 Å². The number of rotatable bonds is 6. The zero-order chi connectivity index (χ0) is 19.4. The van der Waals surface area contributed by atoms with Gasteiger partial charge in [0, 0.05) is 18.8 Å². The van der Waals surface area contributed by atoms with E-state index in [1.165, 1.54) is 5.56 Å². The minimum absolute atomic E-state index is 0.181. The third-order valence-corrected chi connectivity index (χ3v) is 5.12. The fourth-order valence-electron chi connectivity index (χ4n) is 3.37. The van der Waals surface area contributed by atoms with Gasteiger partial charge in [-0.25, -0.2) is 4.98 Å². The normalized spacial score (nSPS) is 13.1. The number of aromatic nitrogens is 2. The standard InChI is InChI=1S/C21H28N4O2/c1-4-5-11-22-20(26)18-17-8-6-7-12-25(17)19(24-18)21(27)23-16-10-9-14(2)15(3)13-16/h9-10,13H,4-8,11-12H2,1-3H3,(H,22,26)(H,23,27). The van der Waals surface area contributed by atoms with Crippen molar-refractivity contribution < 1.29 is 9.59 Å². The SMILES string of the molecule is CCCCNC(=O)c1nc(C(=O)Nc2ccc(C)c(C)c2)n2c1CCCC2. The summed E-state index contributed by atoms with van der Waals surface area (Å²) in [5, 5.41) is 5.85. The summed E-state index contributed by atoms with van der Waals surface area (Å²) in [5.74, 6) is -0.128. The van der Waals surface area contributed by atoms with Crippen molar-refractivity contribution in [2.45, 2.75) is 59.4 Å². The van der Waals surface area contributed by atoms with E-state index in [0.29, 0.717) is 18.1 Å². The molecule has 0 radical (unpaired) electrons. The molecular weight excluding hydrogens is 340 g/mol. The molecule has 6 heteroatoms. The molecule has 1 aliphatic rings. The quantitative estimate of drug-likeness (QED) is 0.765. The molecule has 0 atom stereocenters. The molecule has 1 aliphatic heterocycles. The number of nitrogens with one attached hydrogen (secondary N) is 2. The molecule has 2 N–H and O–H groups in total. The van der Waals surface area contributed by atoms with Crippen LogP contribution in [0.3, 0.4) is 0 Å². The van der Waals surface area contributed by atoms with Crippen LogP contribution in [-0.2, 0) is 13.0 Å². The lowest BCUT2D eigenvalue weighted by molar-refractivity contribution is 0.0947. The van der Waals surface area contributed by atoms with E-state index in [4.69, 9.17) is 0 Å². The van der Waals surface area contributed by atoms with Crippen LogP contribution in [-0.4, -0.2) is 27.9 Å². The second-order valence-corrected chi connectivity index (χ2v) is 7.20. The highest BCUT2D eigenvalue weighted by atomic mass is 16.2. The number of nitrogens with zero attached hydrogens (tertiary/aromatic N) is 2. The van der Waals surface area contributed by atoms with Crippen LogP contribution in [0.2, 0.25) is 0 Å². The number of carbonyl (C=O) groups is 2. The number of anilines is 1. The number of unbranched alkanes of at least 4 members (excludes halogenated alkanes) is 1. The Hall–Kier alpha value is -2.63. The van der Waals surface area contributed by atoms with Crippen molar-refractivity contribution in [3.05, 3.63) is 46.5 Å². The van der Waals surface area contributed by atoms with Crippen LogP contribution in [0.5, 0.6) is 0 Å². The zero-order valence-electron chi connectivity index (χ0n) is 16.4. The molecule has 6 nitrogen and oxygen atoms in total. The number of hydrogen-bond donors (Lipinski definition) is 2. The smallest absolute Gasteiger partial charge is 0.291 e. The minimum Gasteiger partial charge on any atom is -0.351 e. The number of amides is 2. The first-order valence-electron chi connectivity index (χ1n) is 9.77. The van der Waals surface area contributed by atoms with E-state index in [1.807, 2.05) is 36.6 Å². The van der Waals surface area contributed by atoms with Crippen LogP contribution in [0.15, 0.2) is 18.2 Å². The number of aryl methyl sites for hydroxylation is 2. The lowest BCUT2D eigenvalue weighted by atomic mass is 10.1. The first-order valence-corrected chi connectivity index (χ1v) is 9.77. The monoisotopic (exact) mass is 368 g/mol. The molecule has 3 rings (SSSR count). The molecular formula is C21H28N4O2. The van der Waals surface area contributed by atoms with Crippen LogP contribution >= 0.6 is 0 Å². The number of benzene rings is 1. The third kappa shape index (κ3) is 4.21. The maximum Gasteiger partial charge on any atom is 0.291 e. The lowest BCUT2D eigenvalue weighted by Gasteiger charge is -2.17. The van der Waals surface area contributed by atoms with Gasteiger partial charge in [0.25, 0.3) is 11.8 Å². The molecule has 0 unspecified atom stereocenters. The molecule has 0 spiro atoms. The highest BCUT2D eigenvalue weighted by molar-refractivity contribution is 6.03. The Morgan fingerprint density at radius 3 is 2.70 bits per heavy atom. The van der Waals surface area contributed by atoms with Crippen LogP contribution < -0.4 is 10.6 Å². The lowest BCUT2D eigenvalue weighted by Crippen LogP contribution is -2.26. The van der Waals surface area contributed by atoms with Crippen molar-refractivity contribution in [1.82, 2.24) is 14.9 Å². The third-order valence-electron chi connectivity index (χ3n) is 5.12. The van der Waals surface area contributed by atoms with Gasteiger partial charge in [-0.2, -0.15) is 0 Å². The Bertz CT molecular complexity index is 854. The molecule has 2 heterocycles. The number of hydrogen-bond acceptors (Lipinski definition) is 3. The van der Waals surface area contributed by atoms with Gasteiger partial charge in [0.05, 0.1) is 5.69 Å². The maximum absolute atomic E-state index is 12.9. The molecule has 27 heavy (non-hydrogen) atoms. The van der Waals surface area contributed by atoms with Crippen molar-refractivity contribution in [1.29, 1.82) is 0 Å². The molecule has 144 valence electrons. The first kappa shape index (κ1) is 19.1. The van der Waals surface area contributed by atoms with Gasteiger partial charge in [0.15, 0.2) is 5.82 Å². The number of carbonyl (C=O) groups excluding carboxylic acids is 2. The van der Waals surface area contributed by atoms with Crippen LogP contribution in [0.25, 0.3) is 0 Å². The molecule has 0 saturated heterocycles. The Labute approximate surface area is 160 Å². The fourth-order valence-corrected chi connectivity index (χ4v) is 3.37. The highest BCUT2D eigenvalue weighted by Gasteiger charge is 2.27. The summed E-state index contributed by atoms with van der Waals surface area (Å²) in [7, 11) is 0. The number of fused-ring (bicyclic) bond motifs is 1. The summed E-state index contributed by atoms with van der Waals surface area (Å²) in [4.78, 5) is 29.8. The van der Waals surface area contributed by atoms with Gasteiger partial charge in [-0.1, -0.05) is 19.4 Å². The summed E-state index contributed by atoms with van der Waals surface area (Å²) < 4.78 is 1.91. The maximum atomic E-state index is 12.9. The van der Waals surface area contributed by atoms with Gasteiger partial charge < -0.3 is 15.2 Å². The Morgan fingerprint density at radius 2 is 1.96 bits per heavy atom. The first-order chi connectivity index (χ1) is 13.0. The van der Waals surface area contributed by atoms with Gasteiger partial charge in [-0.15, -0.1) is 0 Å². The van der Waals surface area contributed by atoms with Crippen LogP contribution in [0.4, 0.5) is 5.69 Å². The van der Waals surface area contributed by atoms with Crippen LogP contribution in [0, 0.1) is 13.8 Å².